The zero-order chi connectivity index (χ0) is 17.4. The van der Waals surface area contributed by atoms with Crippen molar-refractivity contribution in [3.8, 4) is 0 Å². The van der Waals surface area contributed by atoms with Crippen LogP contribution in [0.4, 0.5) is 5.69 Å². The van der Waals surface area contributed by atoms with E-state index in [0.29, 0.717) is 22.0 Å². The van der Waals surface area contributed by atoms with Gasteiger partial charge in [0.25, 0.3) is 0 Å². The Morgan fingerprint density at radius 1 is 1.21 bits per heavy atom. The molecule has 0 radical (unpaired) electrons. The number of fused-ring (bicyclic) bond motifs is 1. The Labute approximate surface area is 149 Å². The third kappa shape index (κ3) is 3.05. The lowest BCUT2D eigenvalue weighted by atomic mass is 10.1. The van der Waals surface area contributed by atoms with Crippen LogP contribution in [0.1, 0.15) is 16.1 Å². The van der Waals surface area contributed by atoms with Crippen LogP contribution in [0.25, 0.3) is 10.9 Å². The van der Waals surface area contributed by atoms with E-state index in [1.54, 1.807) is 16.8 Å². The fraction of sp³-hybridized carbons (Fsp3) is 0.176. The maximum atomic E-state index is 11.5. The Bertz CT molecular complexity index is 935. The largest absolute Gasteiger partial charge is 0.476 e. The van der Waals surface area contributed by atoms with Crippen LogP contribution in [0, 0.1) is 0 Å². The van der Waals surface area contributed by atoms with Crippen LogP contribution in [-0.2, 0) is 6.54 Å². The summed E-state index contributed by atoms with van der Waals surface area (Å²) in [7, 11) is 3.80. The molecule has 0 aliphatic rings. The van der Waals surface area contributed by atoms with Gasteiger partial charge in [0.1, 0.15) is 0 Å². The molecule has 0 saturated carbocycles. The third-order valence-electron chi connectivity index (χ3n) is 3.79. The molecular weight excluding hydrogens is 349 g/mol. The predicted molar refractivity (Wildman–Crippen MR) is 96.6 cm³/mol. The van der Waals surface area contributed by atoms with E-state index in [4.69, 9.17) is 23.2 Å². The van der Waals surface area contributed by atoms with Gasteiger partial charge in [-0.1, -0.05) is 29.3 Å². The summed E-state index contributed by atoms with van der Waals surface area (Å²) in [5.74, 6) is -1.06. The Kier molecular flexibility index (Phi) is 4.39. The van der Waals surface area contributed by atoms with E-state index >= 15 is 0 Å². The molecule has 0 atom stereocenters. The molecule has 0 unspecified atom stereocenters. The van der Waals surface area contributed by atoms with Gasteiger partial charge in [-0.2, -0.15) is 5.10 Å². The van der Waals surface area contributed by atoms with Gasteiger partial charge in [0.15, 0.2) is 5.69 Å². The van der Waals surface area contributed by atoms with Gasteiger partial charge in [-0.25, -0.2) is 4.79 Å². The summed E-state index contributed by atoms with van der Waals surface area (Å²) in [4.78, 5) is 13.5. The average molecular weight is 364 g/mol. The number of carboxylic acids is 1. The van der Waals surface area contributed by atoms with Gasteiger partial charge in [0.2, 0.25) is 0 Å². The van der Waals surface area contributed by atoms with Crippen molar-refractivity contribution in [1.29, 1.82) is 0 Å². The van der Waals surface area contributed by atoms with Gasteiger partial charge < -0.3 is 10.0 Å². The fourth-order valence-corrected chi connectivity index (χ4v) is 3.00. The van der Waals surface area contributed by atoms with Gasteiger partial charge in [0.05, 0.1) is 12.1 Å². The predicted octanol–water partition coefficient (Wildman–Crippen LogP) is 4.16. The number of aromatic carboxylic acids is 1. The number of anilines is 1. The first kappa shape index (κ1) is 16.6. The molecule has 2 aromatic carbocycles. The van der Waals surface area contributed by atoms with Crippen molar-refractivity contribution < 1.29 is 9.90 Å². The number of benzene rings is 2. The second-order valence-electron chi connectivity index (χ2n) is 5.64. The normalized spacial score (nSPS) is 11.0. The zero-order valence-electron chi connectivity index (χ0n) is 13.1. The molecular formula is C17H15Cl2N3O2. The summed E-state index contributed by atoms with van der Waals surface area (Å²) in [6.07, 6.45) is 0. The van der Waals surface area contributed by atoms with Gasteiger partial charge in [-0.3, -0.25) is 4.68 Å². The molecule has 1 heterocycles. The molecule has 0 aliphatic carbocycles. The number of carboxylic acid groups (broad SMARTS) is 1. The molecule has 0 aliphatic heterocycles. The van der Waals surface area contributed by atoms with Gasteiger partial charge >= 0.3 is 5.97 Å². The van der Waals surface area contributed by atoms with Crippen LogP contribution in [0.15, 0.2) is 36.4 Å². The lowest BCUT2D eigenvalue weighted by Gasteiger charge is -2.12. The molecule has 3 aromatic rings. The quantitative estimate of drug-likeness (QED) is 0.756. The fourth-order valence-electron chi connectivity index (χ4n) is 2.54. The summed E-state index contributed by atoms with van der Waals surface area (Å²) in [5.41, 5.74) is 2.50. The first-order valence-electron chi connectivity index (χ1n) is 7.22. The average Bonchev–Trinajstić information content (AvgIpc) is 2.88. The van der Waals surface area contributed by atoms with Gasteiger partial charge in [-0.05, 0) is 35.9 Å². The molecule has 3 rings (SSSR count). The molecule has 24 heavy (non-hydrogen) atoms. The Balaban J connectivity index is 2.12. The minimum absolute atomic E-state index is 0.0267. The zero-order valence-corrected chi connectivity index (χ0v) is 14.6. The molecule has 0 bridgehead atoms. The minimum Gasteiger partial charge on any atom is -0.476 e. The van der Waals surface area contributed by atoms with Crippen LogP contribution >= 0.6 is 23.2 Å². The Morgan fingerprint density at radius 2 is 1.96 bits per heavy atom. The highest BCUT2D eigenvalue weighted by molar-refractivity contribution is 6.35. The van der Waals surface area contributed by atoms with Gasteiger partial charge in [0, 0.05) is 35.2 Å². The van der Waals surface area contributed by atoms with E-state index in [-0.39, 0.29) is 5.69 Å². The lowest BCUT2D eigenvalue weighted by molar-refractivity contribution is 0.0691. The topological polar surface area (TPSA) is 58.4 Å². The van der Waals surface area contributed by atoms with E-state index < -0.39 is 5.97 Å². The van der Waals surface area contributed by atoms with Crippen LogP contribution in [-0.4, -0.2) is 35.0 Å². The molecule has 0 saturated heterocycles. The summed E-state index contributed by atoms with van der Waals surface area (Å²) < 4.78 is 1.65. The van der Waals surface area contributed by atoms with Crippen molar-refractivity contribution in [3.05, 3.63) is 57.7 Å². The highest BCUT2D eigenvalue weighted by atomic mass is 35.5. The summed E-state index contributed by atoms with van der Waals surface area (Å²) >= 11 is 12.1. The van der Waals surface area contributed by atoms with Crippen molar-refractivity contribution in [1.82, 2.24) is 9.78 Å². The maximum Gasteiger partial charge on any atom is 0.357 e. The second-order valence-corrected chi connectivity index (χ2v) is 6.49. The van der Waals surface area contributed by atoms with Crippen LogP contribution in [0.2, 0.25) is 10.0 Å². The number of halogens is 2. The number of hydrogen-bond acceptors (Lipinski definition) is 3. The minimum atomic E-state index is -1.06. The summed E-state index contributed by atoms with van der Waals surface area (Å²) in [6, 6.07) is 10.8. The number of carbonyl (C=O) groups is 1. The third-order valence-corrected chi connectivity index (χ3v) is 4.38. The molecule has 1 aromatic heterocycles. The summed E-state index contributed by atoms with van der Waals surface area (Å²) in [5, 5.41) is 15.4. The summed E-state index contributed by atoms with van der Waals surface area (Å²) in [6.45, 7) is 0.362. The molecule has 1 N–H and O–H groups in total. The van der Waals surface area contributed by atoms with Crippen molar-refractivity contribution >= 4 is 45.8 Å². The highest BCUT2D eigenvalue weighted by Crippen LogP contribution is 2.27. The standard InChI is InChI=1S/C17H15Cl2N3O2/c1-21(2)12-5-6-15-13(8-12)16(17(23)24)20-22(15)9-10-3-4-11(18)7-14(10)19/h3-8H,9H2,1-2H3,(H,23,24). The Morgan fingerprint density at radius 3 is 2.58 bits per heavy atom. The molecule has 7 heteroatoms. The lowest BCUT2D eigenvalue weighted by Crippen LogP contribution is -2.08. The van der Waals surface area contributed by atoms with Crippen molar-refractivity contribution in [2.75, 3.05) is 19.0 Å². The van der Waals surface area contributed by atoms with E-state index in [0.717, 1.165) is 16.8 Å². The number of rotatable bonds is 4. The van der Waals surface area contributed by atoms with Crippen LogP contribution in [0.5, 0.6) is 0 Å². The van der Waals surface area contributed by atoms with Crippen LogP contribution < -0.4 is 4.90 Å². The molecule has 0 fully saturated rings. The van der Waals surface area contributed by atoms with Crippen LogP contribution in [0.3, 0.4) is 0 Å². The second kappa shape index (κ2) is 6.34. The monoisotopic (exact) mass is 363 g/mol. The Hall–Kier alpha value is -2.24. The maximum absolute atomic E-state index is 11.5. The first-order valence-corrected chi connectivity index (χ1v) is 7.97. The van der Waals surface area contributed by atoms with Crippen molar-refractivity contribution in [3.63, 3.8) is 0 Å². The SMILES string of the molecule is CN(C)c1ccc2c(c1)c(C(=O)O)nn2Cc1ccc(Cl)cc1Cl. The first-order chi connectivity index (χ1) is 11.4. The molecule has 5 nitrogen and oxygen atoms in total. The van der Waals surface area contributed by atoms with E-state index in [1.165, 1.54) is 0 Å². The number of aromatic nitrogens is 2. The number of nitrogens with zero attached hydrogens (tertiary/aromatic N) is 3. The van der Waals surface area contributed by atoms with Gasteiger partial charge in [-0.15, -0.1) is 0 Å². The highest BCUT2D eigenvalue weighted by Gasteiger charge is 2.18. The van der Waals surface area contributed by atoms with E-state index in [1.807, 2.05) is 43.3 Å². The van der Waals surface area contributed by atoms with Crippen molar-refractivity contribution in [2.24, 2.45) is 0 Å². The smallest absolute Gasteiger partial charge is 0.357 e. The van der Waals surface area contributed by atoms with E-state index in [2.05, 4.69) is 5.10 Å². The molecule has 0 spiro atoms. The molecule has 0 amide bonds. The van der Waals surface area contributed by atoms with E-state index in [9.17, 15) is 9.90 Å². The van der Waals surface area contributed by atoms with Crippen molar-refractivity contribution in [2.45, 2.75) is 6.54 Å². The molecule has 124 valence electrons. The number of hydrogen-bond donors (Lipinski definition) is 1.